The van der Waals surface area contributed by atoms with E-state index in [1.54, 1.807) is 0 Å². The zero-order valence-electron chi connectivity index (χ0n) is 11.2. The minimum atomic E-state index is -0.467. The van der Waals surface area contributed by atoms with Crippen LogP contribution in [-0.2, 0) is 0 Å². The highest BCUT2D eigenvalue weighted by molar-refractivity contribution is 9.10. The van der Waals surface area contributed by atoms with Gasteiger partial charge in [-0.3, -0.25) is 0 Å². The number of anilines is 1. The molecule has 1 aromatic rings. The van der Waals surface area contributed by atoms with Gasteiger partial charge in [0.05, 0.1) is 11.1 Å². The average Bonchev–Trinajstić information content (AvgIpc) is 2.38. The molecule has 19 heavy (non-hydrogen) atoms. The van der Waals surface area contributed by atoms with Crippen LogP contribution in [-0.4, -0.2) is 5.54 Å². The normalized spacial score (nSPS) is 30.7. The van der Waals surface area contributed by atoms with Crippen molar-refractivity contribution < 1.29 is 0 Å². The van der Waals surface area contributed by atoms with Crippen LogP contribution in [0.5, 0.6) is 0 Å². The lowest BCUT2D eigenvalue weighted by Crippen LogP contribution is -2.47. The van der Waals surface area contributed by atoms with Crippen LogP contribution in [0.3, 0.4) is 0 Å². The Morgan fingerprint density at radius 3 is 2.79 bits per heavy atom. The van der Waals surface area contributed by atoms with Gasteiger partial charge in [-0.05, 0) is 58.8 Å². The number of benzene rings is 1. The smallest absolute Gasteiger partial charge is 0.128 e. The highest BCUT2D eigenvalue weighted by Crippen LogP contribution is 2.39. The minimum absolute atomic E-state index is 0.350. The largest absolute Gasteiger partial charge is 0.367 e. The minimum Gasteiger partial charge on any atom is -0.367 e. The number of nitrogens with one attached hydrogen (secondary N) is 1. The molecule has 0 amide bonds. The molecule has 0 heterocycles. The van der Waals surface area contributed by atoms with E-state index in [1.165, 1.54) is 6.42 Å². The molecule has 2 rings (SSSR count). The summed E-state index contributed by atoms with van der Waals surface area (Å²) in [6.07, 6.45) is 3.19. The molecule has 1 aliphatic rings. The molecule has 2 nitrogen and oxygen atoms in total. The molecule has 1 N–H and O–H groups in total. The van der Waals surface area contributed by atoms with Crippen molar-refractivity contribution in [3.8, 4) is 6.07 Å². The number of halogens is 2. The summed E-state index contributed by atoms with van der Waals surface area (Å²) < 4.78 is 0.851. The van der Waals surface area contributed by atoms with Crippen LogP contribution in [0.2, 0.25) is 5.02 Å². The van der Waals surface area contributed by atoms with E-state index in [1.807, 2.05) is 18.2 Å². The number of hydrogen-bond acceptors (Lipinski definition) is 2. The van der Waals surface area contributed by atoms with E-state index in [-0.39, 0.29) is 0 Å². The van der Waals surface area contributed by atoms with Gasteiger partial charge in [0.15, 0.2) is 0 Å². The van der Waals surface area contributed by atoms with Crippen LogP contribution >= 0.6 is 27.5 Å². The van der Waals surface area contributed by atoms with Crippen LogP contribution in [0.25, 0.3) is 0 Å². The Labute approximate surface area is 128 Å². The molecule has 102 valence electrons. The molecule has 3 atom stereocenters. The van der Waals surface area contributed by atoms with Crippen molar-refractivity contribution in [2.75, 3.05) is 5.32 Å². The number of rotatable bonds is 2. The first-order valence-electron chi connectivity index (χ1n) is 6.61. The number of nitriles is 1. The predicted molar refractivity (Wildman–Crippen MR) is 83.3 cm³/mol. The van der Waals surface area contributed by atoms with Crippen LogP contribution in [0, 0.1) is 23.2 Å². The van der Waals surface area contributed by atoms with Crippen LogP contribution in [0.1, 0.15) is 33.1 Å². The zero-order chi connectivity index (χ0) is 14.0. The molecule has 4 heteroatoms. The summed E-state index contributed by atoms with van der Waals surface area (Å²) in [5.74, 6) is 0.933. The molecule has 0 radical (unpaired) electrons. The van der Waals surface area contributed by atoms with Crippen molar-refractivity contribution in [2.45, 2.75) is 38.6 Å². The van der Waals surface area contributed by atoms with Gasteiger partial charge in [-0.25, -0.2) is 0 Å². The maximum absolute atomic E-state index is 9.66. The highest BCUT2D eigenvalue weighted by Gasteiger charge is 2.41. The Kier molecular flexibility index (Phi) is 4.43. The SMILES string of the molecule is CC1CCC(C)C(C#N)(Nc2ccc(Cl)c(Br)c2)C1. The molecule has 1 saturated carbocycles. The second kappa shape index (κ2) is 5.73. The molecule has 0 saturated heterocycles. The molecule has 0 bridgehead atoms. The van der Waals surface area contributed by atoms with Gasteiger partial charge in [0.2, 0.25) is 0 Å². The van der Waals surface area contributed by atoms with E-state index in [0.29, 0.717) is 16.9 Å². The van der Waals surface area contributed by atoms with Crippen molar-refractivity contribution in [3.63, 3.8) is 0 Å². The summed E-state index contributed by atoms with van der Waals surface area (Å²) >= 11 is 9.43. The molecule has 0 aromatic heterocycles. The van der Waals surface area contributed by atoms with Crippen molar-refractivity contribution in [1.29, 1.82) is 5.26 Å². The first-order chi connectivity index (χ1) is 8.97. The van der Waals surface area contributed by atoms with Crippen molar-refractivity contribution in [3.05, 3.63) is 27.7 Å². The second-order valence-electron chi connectivity index (χ2n) is 5.62. The fraction of sp³-hybridized carbons (Fsp3) is 0.533. The van der Waals surface area contributed by atoms with E-state index < -0.39 is 5.54 Å². The zero-order valence-corrected chi connectivity index (χ0v) is 13.6. The summed E-state index contributed by atoms with van der Waals surface area (Å²) in [6, 6.07) is 8.23. The van der Waals surface area contributed by atoms with Gasteiger partial charge in [0.25, 0.3) is 0 Å². The van der Waals surface area contributed by atoms with Gasteiger partial charge in [-0.1, -0.05) is 31.9 Å². The lowest BCUT2D eigenvalue weighted by molar-refractivity contribution is 0.229. The quantitative estimate of drug-likeness (QED) is 0.799. The summed E-state index contributed by atoms with van der Waals surface area (Å²) in [7, 11) is 0. The molecule has 1 aliphatic carbocycles. The third-order valence-corrected chi connectivity index (χ3v) is 5.30. The molecule has 1 fully saturated rings. The van der Waals surface area contributed by atoms with E-state index in [4.69, 9.17) is 11.6 Å². The fourth-order valence-corrected chi connectivity index (χ4v) is 3.32. The van der Waals surface area contributed by atoms with E-state index in [9.17, 15) is 5.26 Å². The fourth-order valence-electron chi connectivity index (χ4n) is 2.82. The number of hydrogen-bond donors (Lipinski definition) is 1. The molecule has 0 spiro atoms. The van der Waals surface area contributed by atoms with Gasteiger partial charge in [-0.15, -0.1) is 0 Å². The average molecular weight is 342 g/mol. The lowest BCUT2D eigenvalue weighted by atomic mass is 9.70. The van der Waals surface area contributed by atoms with E-state index >= 15 is 0 Å². The third kappa shape index (κ3) is 3.07. The molecule has 1 aromatic carbocycles. The maximum Gasteiger partial charge on any atom is 0.128 e. The first kappa shape index (κ1) is 14.7. The van der Waals surface area contributed by atoms with Crippen molar-refractivity contribution in [2.24, 2.45) is 11.8 Å². The van der Waals surface area contributed by atoms with Crippen molar-refractivity contribution in [1.82, 2.24) is 0 Å². The molecular weight excluding hydrogens is 324 g/mol. The van der Waals surface area contributed by atoms with E-state index in [0.717, 1.165) is 23.0 Å². The Morgan fingerprint density at radius 1 is 1.42 bits per heavy atom. The summed E-state index contributed by atoms with van der Waals surface area (Å²) in [5.41, 5.74) is 0.476. The van der Waals surface area contributed by atoms with Gasteiger partial charge >= 0.3 is 0 Å². The Balaban J connectivity index is 2.27. The summed E-state index contributed by atoms with van der Waals surface area (Å²) in [4.78, 5) is 0. The van der Waals surface area contributed by atoms with Crippen LogP contribution in [0.15, 0.2) is 22.7 Å². The first-order valence-corrected chi connectivity index (χ1v) is 7.78. The van der Waals surface area contributed by atoms with E-state index in [2.05, 4.69) is 41.2 Å². The topological polar surface area (TPSA) is 35.8 Å². The maximum atomic E-state index is 9.66. The molecule has 0 aliphatic heterocycles. The Hall–Kier alpha value is -0.720. The predicted octanol–water partition coefficient (Wildman–Crippen LogP) is 5.23. The molecule has 3 unspecified atom stereocenters. The summed E-state index contributed by atoms with van der Waals surface area (Å²) in [6.45, 7) is 4.38. The van der Waals surface area contributed by atoms with Gasteiger partial charge in [0.1, 0.15) is 5.54 Å². The Bertz CT molecular complexity index is 511. The monoisotopic (exact) mass is 340 g/mol. The van der Waals surface area contributed by atoms with Gasteiger partial charge in [-0.2, -0.15) is 5.26 Å². The standard InChI is InChI=1S/C15H18BrClN2/c1-10-3-4-11(2)15(8-10,9-18)19-12-5-6-14(17)13(16)7-12/h5-7,10-11,19H,3-4,8H2,1-2H3. The van der Waals surface area contributed by atoms with Crippen LogP contribution < -0.4 is 5.32 Å². The van der Waals surface area contributed by atoms with Crippen LogP contribution in [0.4, 0.5) is 5.69 Å². The molecular formula is C15H18BrClN2. The van der Waals surface area contributed by atoms with Crippen molar-refractivity contribution >= 4 is 33.2 Å². The van der Waals surface area contributed by atoms with Gasteiger partial charge in [0, 0.05) is 10.2 Å². The highest BCUT2D eigenvalue weighted by atomic mass is 79.9. The second-order valence-corrected chi connectivity index (χ2v) is 6.89. The number of nitrogens with zero attached hydrogens (tertiary/aromatic N) is 1. The summed E-state index contributed by atoms with van der Waals surface area (Å²) in [5, 5.41) is 13.8. The lowest BCUT2D eigenvalue weighted by Gasteiger charge is -2.41. The third-order valence-electron chi connectivity index (χ3n) is 4.09. The Morgan fingerprint density at radius 2 is 2.16 bits per heavy atom. The van der Waals surface area contributed by atoms with Gasteiger partial charge < -0.3 is 5.32 Å².